The second kappa shape index (κ2) is 2.98. The maximum Gasteiger partial charge on any atom is 0.153 e. The molecule has 3 nitrogen and oxygen atoms in total. The van der Waals surface area contributed by atoms with Crippen molar-refractivity contribution in [2.75, 3.05) is 5.73 Å². The molecule has 1 saturated carbocycles. The van der Waals surface area contributed by atoms with Crippen LogP contribution in [-0.4, -0.2) is 9.78 Å². The van der Waals surface area contributed by atoms with Crippen LogP contribution in [0.5, 0.6) is 0 Å². The Morgan fingerprint density at radius 1 is 1.67 bits per heavy atom. The second-order valence-corrected chi connectivity index (χ2v) is 3.73. The minimum atomic E-state index is 0.489. The molecule has 1 aromatic rings. The fourth-order valence-electron chi connectivity index (χ4n) is 1.29. The van der Waals surface area contributed by atoms with E-state index in [4.69, 9.17) is 17.3 Å². The third-order valence-corrected chi connectivity index (χ3v) is 2.41. The molecular weight excluding hydrogens is 174 g/mol. The van der Waals surface area contributed by atoms with Crippen LogP contribution in [0.25, 0.3) is 0 Å². The number of nitrogens with zero attached hydrogens (tertiary/aromatic N) is 2. The van der Waals surface area contributed by atoms with Gasteiger partial charge in [0.05, 0.1) is 0 Å². The molecule has 0 bridgehead atoms. The van der Waals surface area contributed by atoms with Gasteiger partial charge >= 0.3 is 0 Å². The SMILES string of the molecule is Nc1cc(Cl)nn1CCC1CC1. The minimum absolute atomic E-state index is 0.489. The molecule has 4 heteroatoms. The predicted octanol–water partition coefficient (Wildman–Crippen LogP) is 1.92. The largest absolute Gasteiger partial charge is 0.384 e. The Bertz CT molecular complexity index is 278. The molecule has 1 aromatic heterocycles. The van der Waals surface area contributed by atoms with E-state index in [2.05, 4.69) is 5.10 Å². The van der Waals surface area contributed by atoms with Crippen molar-refractivity contribution < 1.29 is 0 Å². The van der Waals surface area contributed by atoms with Gasteiger partial charge < -0.3 is 5.73 Å². The van der Waals surface area contributed by atoms with E-state index in [1.54, 1.807) is 10.7 Å². The van der Waals surface area contributed by atoms with Gasteiger partial charge in [0.1, 0.15) is 5.82 Å². The first-order chi connectivity index (χ1) is 5.75. The predicted molar refractivity (Wildman–Crippen MR) is 49.0 cm³/mol. The van der Waals surface area contributed by atoms with Crippen molar-refractivity contribution in [3.8, 4) is 0 Å². The van der Waals surface area contributed by atoms with E-state index in [1.807, 2.05) is 0 Å². The first kappa shape index (κ1) is 7.92. The molecule has 1 aliphatic rings. The molecule has 66 valence electrons. The normalized spacial score (nSPS) is 16.8. The Labute approximate surface area is 76.5 Å². The van der Waals surface area contributed by atoms with Crippen LogP contribution in [-0.2, 0) is 6.54 Å². The average Bonchev–Trinajstić information content (AvgIpc) is 2.76. The van der Waals surface area contributed by atoms with Gasteiger partial charge in [-0.3, -0.25) is 0 Å². The van der Waals surface area contributed by atoms with E-state index >= 15 is 0 Å². The van der Waals surface area contributed by atoms with E-state index in [0.29, 0.717) is 11.0 Å². The number of nitrogens with two attached hydrogens (primary N) is 1. The first-order valence-corrected chi connectivity index (χ1v) is 4.62. The maximum absolute atomic E-state index is 5.68. The van der Waals surface area contributed by atoms with Gasteiger partial charge in [0, 0.05) is 12.6 Å². The zero-order valence-corrected chi connectivity index (χ0v) is 7.59. The lowest BCUT2D eigenvalue weighted by Crippen LogP contribution is -2.04. The van der Waals surface area contributed by atoms with Gasteiger partial charge in [-0.15, -0.1) is 0 Å². The van der Waals surface area contributed by atoms with Crippen LogP contribution >= 0.6 is 11.6 Å². The number of hydrogen-bond donors (Lipinski definition) is 1. The Hall–Kier alpha value is -0.700. The van der Waals surface area contributed by atoms with Crippen molar-refractivity contribution in [2.45, 2.75) is 25.8 Å². The molecule has 0 atom stereocenters. The summed E-state index contributed by atoms with van der Waals surface area (Å²) >= 11 is 5.68. The number of aryl methyl sites for hydroxylation is 1. The fourth-order valence-corrected chi connectivity index (χ4v) is 1.49. The van der Waals surface area contributed by atoms with Crippen molar-refractivity contribution in [3.63, 3.8) is 0 Å². The summed E-state index contributed by atoms with van der Waals surface area (Å²) in [6.45, 7) is 0.906. The Morgan fingerprint density at radius 2 is 2.42 bits per heavy atom. The molecule has 1 heterocycles. The standard InChI is InChI=1S/C8H12ClN3/c9-7-5-8(10)12(11-7)4-3-6-1-2-6/h5-6H,1-4,10H2. The number of anilines is 1. The highest BCUT2D eigenvalue weighted by molar-refractivity contribution is 6.29. The molecule has 0 unspecified atom stereocenters. The van der Waals surface area contributed by atoms with Gasteiger partial charge in [-0.25, -0.2) is 4.68 Å². The zero-order chi connectivity index (χ0) is 8.55. The maximum atomic E-state index is 5.68. The molecule has 0 spiro atoms. The van der Waals surface area contributed by atoms with Crippen LogP contribution in [0.4, 0.5) is 5.82 Å². The van der Waals surface area contributed by atoms with Crippen LogP contribution in [0, 0.1) is 5.92 Å². The summed E-state index contributed by atoms with van der Waals surface area (Å²) in [4.78, 5) is 0. The van der Waals surface area contributed by atoms with Crippen molar-refractivity contribution in [2.24, 2.45) is 5.92 Å². The second-order valence-electron chi connectivity index (χ2n) is 3.35. The van der Waals surface area contributed by atoms with Gasteiger partial charge in [-0.1, -0.05) is 24.4 Å². The summed E-state index contributed by atoms with van der Waals surface area (Å²) < 4.78 is 1.78. The third-order valence-electron chi connectivity index (χ3n) is 2.23. The summed E-state index contributed by atoms with van der Waals surface area (Å²) in [5.41, 5.74) is 5.66. The van der Waals surface area contributed by atoms with E-state index in [1.165, 1.54) is 19.3 Å². The van der Waals surface area contributed by atoms with Gasteiger partial charge in [-0.2, -0.15) is 5.10 Å². The average molecular weight is 186 g/mol. The fraction of sp³-hybridized carbons (Fsp3) is 0.625. The van der Waals surface area contributed by atoms with Crippen molar-refractivity contribution in [3.05, 3.63) is 11.2 Å². The van der Waals surface area contributed by atoms with Crippen molar-refractivity contribution in [1.29, 1.82) is 0 Å². The molecule has 0 aromatic carbocycles. The van der Waals surface area contributed by atoms with Gasteiger partial charge in [0.2, 0.25) is 0 Å². The zero-order valence-electron chi connectivity index (χ0n) is 6.83. The van der Waals surface area contributed by atoms with E-state index < -0.39 is 0 Å². The Balaban J connectivity index is 1.96. The van der Waals surface area contributed by atoms with Crippen LogP contribution in [0.3, 0.4) is 0 Å². The quantitative estimate of drug-likeness (QED) is 0.782. The number of nitrogen functional groups attached to an aromatic ring is 1. The molecule has 2 rings (SSSR count). The number of hydrogen-bond acceptors (Lipinski definition) is 2. The Morgan fingerprint density at radius 3 is 2.92 bits per heavy atom. The molecule has 0 amide bonds. The first-order valence-electron chi connectivity index (χ1n) is 4.24. The number of rotatable bonds is 3. The van der Waals surface area contributed by atoms with Crippen LogP contribution in [0.15, 0.2) is 6.07 Å². The highest BCUT2D eigenvalue weighted by Gasteiger charge is 2.21. The molecule has 0 saturated heterocycles. The van der Waals surface area contributed by atoms with Crippen LogP contribution in [0.2, 0.25) is 5.15 Å². The minimum Gasteiger partial charge on any atom is -0.384 e. The molecular formula is C8H12ClN3. The molecule has 1 fully saturated rings. The van der Waals surface area contributed by atoms with Crippen molar-refractivity contribution >= 4 is 17.4 Å². The van der Waals surface area contributed by atoms with Crippen LogP contribution < -0.4 is 5.73 Å². The molecule has 0 radical (unpaired) electrons. The van der Waals surface area contributed by atoms with Crippen molar-refractivity contribution in [1.82, 2.24) is 9.78 Å². The monoisotopic (exact) mass is 185 g/mol. The molecule has 1 aliphatic carbocycles. The summed E-state index contributed by atoms with van der Waals surface area (Å²) in [6, 6.07) is 1.69. The molecule has 12 heavy (non-hydrogen) atoms. The highest BCUT2D eigenvalue weighted by Crippen LogP contribution is 2.32. The highest BCUT2D eigenvalue weighted by atomic mass is 35.5. The topological polar surface area (TPSA) is 43.8 Å². The summed E-state index contributed by atoms with van der Waals surface area (Å²) in [5.74, 6) is 1.58. The summed E-state index contributed by atoms with van der Waals surface area (Å²) in [7, 11) is 0. The van der Waals surface area contributed by atoms with E-state index in [-0.39, 0.29) is 0 Å². The van der Waals surface area contributed by atoms with Gasteiger partial charge in [-0.05, 0) is 12.3 Å². The molecule has 2 N–H and O–H groups in total. The third kappa shape index (κ3) is 1.72. The lowest BCUT2D eigenvalue weighted by atomic mass is 10.3. The number of halogens is 1. The lowest BCUT2D eigenvalue weighted by Gasteiger charge is -2.01. The van der Waals surface area contributed by atoms with E-state index in [9.17, 15) is 0 Å². The summed E-state index contributed by atoms with van der Waals surface area (Å²) in [5, 5.41) is 4.56. The molecule has 0 aliphatic heterocycles. The summed E-state index contributed by atoms with van der Waals surface area (Å²) in [6.07, 6.45) is 3.92. The van der Waals surface area contributed by atoms with Gasteiger partial charge in [0.15, 0.2) is 5.15 Å². The number of aromatic nitrogens is 2. The Kier molecular flexibility index (Phi) is 1.97. The smallest absolute Gasteiger partial charge is 0.153 e. The van der Waals surface area contributed by atoms with Crippen LogP contribution in [0.1, 0.15) is 19.3 Å². The lowest BCUT2D eigenvalue weighted by molar-refractivity contribution is 0.553. The van der Waals surface area contributed by atoms with E-state index in [0.717, 1.165) is 12.5 Å². The van der Waals surface area contributed by atoms with Gasteiger partial charge in [0.25, 0.3) is 0 Å².